The maximum Gasteiger partial charge on any atom is 0.228 e. The molecule has 0 radical (unpaired) electrons. The number of anilines is 1. The van der Waals surface area contributed by atoms with Crippen molar-refractivity contribution in [1.29, 1.82) is 0 Å². The van der Waals surface area contributed by atoms with Gasteiger partial charge in [-0.3, -0.25) is 14.4 Å². The Kier molecular flexibility index (Phi) is 4.79. The van der Waals surface area contributed by atoms with E-state index in [0.717, 1.165) is 16.8 Å². The van der Waals surface area contributed by atoms with Crippen molar-refractivity contribution >= 4 is 23.4 Å². The summed E-state index contributed by atoms with van der Waals surface area (Å²) in [5.41, 5.74) is 3.00. The van der Waals surface area contributed by atoms with Gasteiger partial charge in [0, 0.05) is 38.8 Å². The van der Waals surface area contributed by atoms with E-state index in [1.165, 1.54) is 0 Å². The molecule has 3 rings (SSSR count). The van der Waals surface area contributed by atoms with Crippen LogP contribution in [0.25, 0.3) is 0 Å². The zero-order valence-corrected chi connectivity index (χ0v) is 15.0. The van der Waals surface area contributed by atoms with Gasteiger partial charge in [-0.25, -0.2) is 0 Å². The average molecular weight is 343 g/mol. The first kappa shape index (κ1) is 17.5. The van der Waals surface area contributed by atoms with Gasteiger partial charge in [0.2, 0.25) is 17.7 Å². The molecule has 1 N–H and O–H groups in total. The molecule has 25 heavy (non-hydrogen) atoms. The number of nitrogens with one attached hydrogen (secondary N) is 1. The molecule has 2 atom stereocenters. The molecule has 3 amide bonds. The summed E-state index contributed by atoms with van der Waals surface area (Å²) in [4.78, 5) is 39.9. The molecule has 6 nitrogen and oxygen atoms in total. The molecule has 0 bridgehead atoms. The van der Waals surface area contributed by atoms with Crippen molar-refractivity contribution in [2.24, 2.45) is 11.8 Å². The van der Waals surface area contributed by atoms with Gasteiger partial charge in [0.25, 0.3) is 0 Å². The zero-order valence-electron chi connectivity index (χ0n) is 15.0. The molecule has 6 heteroatoms. The maximum absolute atomic E-state index is 12.6. The van der Waals surface area contributed by atoms with Gasteiger partial charge in [0.1, 0.15) is 0 Å². The van der Waals surface area contributed by atoms with E-state index in [2.05, 4.69) is 5.32 Å². The topological polar surface area (TPSA) is 69.7 Å². The Bertz CT molecular complexity index is 708. The third-order valence-corrected chi connectivity index (χ3v) is 5.34. The van der Waals surface area contributed by atoms with Crippen LogP contribution in [-0.2, 0) is 14.4 Å². The van der Waals surface area contributed by atoms with Crippen LogP contribution in [0.2, 0.25) is 0 Å². The highest BCUT2D eigenvalue weighted by molar-refractivity contribution is 6.00. The fourth-order valence-corrected chi connectivity index (χ4v) is 3.35. The second kappa shape index (κ2) is 6.86. The number of nitrogens with zero attached hydrogens (tertiary/aromatic N) is 2. The maximum atomic E-state index is 12.6. The summed E-state index contributed by atoms with van der Waals surface area (Å²) >= 11 is 0. The van der Waals surface area contributed by atoms with Gasteiger partial charge in [-0.15, -0.1) is 0 Å². The van der Waals surface area contributed by atoms with E-state index in [1.54, 1.807) is 16.7 Å². The normalized spacial score (nSPS) is 22.5. The molecule has 2 aliphatic rings. The quantitative estimate of drug-likeness (QED) is 0.906. The first-order chi connectivity index (χ1) is 11.9. The highest BCUT2D eigenvalue weighted by atomic mass is 16.2. The van der Waals surface area contributed by atoms with Crippen LogP contribution in [0.1, 0.15) is 24.5 Å². The van der Waals surface area contributed by atoms with Crippen LogP contribution >= 0.6 is 0 Å². The number of benzene rings is 1. The lowest BCUT2D eigenvalue weighted by Crippen LogP contribution is -2.50. The van der Waals surface area contributed by atoms with Crippen molar-refractivity contribution in [3.63, 3.8) is 0 Å². The van der Waals surface area contributed by atoms with Crippen LogP contribution in [0.5, 0.6) is 0 Å². The summed E-state index contributed by atoms with van der Waals surface area (Å²) in [5, 5.41) is 2.96. The van der Waals surface area contributed by atoms with Crippen LogP contribution in [0, 0.1) is 25.7 Å². The summed E-state index contributed by atoms with van der Waals surface area (Å²) in [6.45, 7) is 7.80. The Morgan fingerprint density at radius 1 is 1.00 bits per heavy atom. The van der Waals surface area contributed by atoms with Crippen LogP contribution in [-0.4, -0.2) is 53.7 Å². The predicted molar refractivity (Wildman–Crippen MR) is 95.0 cm³/mol. The minimum atomic E-state index is -0.238. The van der Waals surface area contributed by atoms with E-state index < -0.39 is 0 Å². The number of carbonyl (C=O) groups is 3. The molecule has 1 aromatic carbocycles. The minimum absolute atomic E-state index is 0.0456. The number of hydrogen-bond donors (Lipinski definition) is 1. The Morgan fingerprint density at radius 2 is 1.64 bits per heavy atom. The molecule has 1 saturated heterocycles. The summed E-state index contributed by atoms with van der Waals surface area (Å²) in [6, 6.07) is 5.82. The Hall–Kier alpha value is -2.37. The summed E-state index contributed by atoms with van der Waals surface area (Å²) in [7, 11) is 0. The third-order valence-electron chi connectivity index (χ3n) is 5.34. The average Bonchev–Trinajstić information content (AvgIpc) is 3.39. The Balaban J connectivity index is 1.54. The standard InChI is InChI=1S/C19H25N3O3/c1-12-5-4-6-17(13(12)2)20-18(24)15-11-16(15)19(25)22-9-7-21(8-10-22)14(3)23/h4-6,15-16H,7-11H2,1-3H3,(H,20,24). The lowest BCUT2D eigenvalue weighted by molar-refractivity contribution is -0.139. The smallest absolute Gasteiger partial charge is 0.228 e. The van der Waals surface area contributed by atoms with Crippen molar-refractivity contribution in [3.05, 3.63) is 29.3 Å². The van der Waals surface area contributed by atoms with Gasteiger partial charge < -0.3 is 15.1 Å². The number of carbonyl (C=O) groups excluding carboxylic acids is 3. The Morgan fingerprint density at radius 3 is 2.28 bits per heavy atom. The van der Waals surface area contributed by atoms with Crippen molar-refractivity contribution in [3.8, 4) is 0 Å². The van der Waals surface area contributed by atoms with Gasteiger partial charge in [0.15, 0.2) is 0 Å². The summed E-state index contributed by atoms with van der Waals surface area (Å²) in [6.07, 6.45) is 0.614. The SMILES string of the molecule is CC(=O)N1CCN(C(=O)C2CC2C(=O)Nc2cccc(C)c2C)CC1. The Labute approximate surface area is 148 Å². The fraction of sp³-hybridized carbons (Fsp3) is 0.526. The van der Waals surface area contributed by atoms with E-state index >= 15 is 0 Å². The highest BCUT2D eigenvalue weighted by Gasteiger charge is 2.49. The van der Waals surface area contributed by atoms with Crippen molar-refractivity contribution in [1.82, 2.24) is 9.80 Å². The fourth-order valence-electron chi connectivity index (χ4n) is 3.35. The molecular weight excluding hydrogens is 318 g/mol. The molecule has 1 saturated carbocycles. The third kappa shape index (κ3) is 3.67. The van der Waals surface area contributed by atoms with Crippen LogP contribution in [0.15, 0.2) is 18.2 Å². The molecule has 0 spiro atoms. The lowest BCUT2D eigenvalue weighted by Gasteiger charge is -2.34. The molecule has 1 heterocycles. The first-order valence-electron chi connectivity index (χ1n) is 8.80. The van der Waals surface area contributed by atoms with Gasteiger partial charge >= 0.3 is 0 Å². The van der Waals surface area contributed by atoms with Crippen LogP contribution in [0.3, 0.4) is 0 Å². The second-order valence-electron chi connectivity index (χ2n) is 7.02. The van der Waals surface area contributed by atoms with E-state index in [-0.39, 0.29) is 29.6 Å². The van der Waals surface area contributed by atoms with Crippen molar-refractivity contribution in [2.45, 2.75) is 27.2 Å². The monoisotopic (exact) mass is 343 g/mol. The molecule has 1 aliphatic carbocycles. The molecule has 134 valence electrons. The first-order valence-corrected chi connectivity index (χ1v) is 8.80. The van der Waals surface area contributed by atoms with Gasteiger partial charge in [-0.1, -0.05) is 12.1 Å². The van der Waals surface area contributed by atoms with Crippen molar-refractivity contribution in [2.75, 3.05) is 31.5 Å². The molecule has 0 aromatic heterocycles. The van der Waals surface area contributed by atoms with Crippen LogP contribution < -0.4 is 5.32 Å². The largest absolute Gasteiger partial charge is 0.339 e. The van der Waals surface area contributed by atoms with Crippen molar-refractivity contribution < 1.29 is 14.4 Å². The molecule has 2 fully saturated rings. The van der Waals surface area contributed by atoms with Crippen LogP contribution in [0.4, 0.5) is 5.69 Å². The van der Waals surface area contributed by atoms with E-state index in [9.17, 15) is 14.4 Å². The number of aryl methyl sites for hydroxylation is 1. The van der Waals surface area contributed by atoms with Gasteiger partial charge in [-0.2, -0.15) is 0 Å². The predicted octanol–water partition coefficient (Wildman–Crippen LogP) is 1.57. The minimum Gasteiger partial charge on any atom is -0.339 e. The van der Waals surface area contributed by atoms with E-state index in [4.69, 9.17) is 0 Å². The molecule has 1 aromatic rings. The lowest BCUT2D eigenvalue weighted by atomic mass is 10.1. The molecular formula is C19H25N3O3. The summed E-state index contributed by atoms with van der Waals surface area (Å²) < 4.78 is 0. The van der Waals surface area contributed by atoms with E-state index in [0.29, 0.717) is 32.6 Å². The molecule has 1 aliphatic heterocycles. The summed E-state index contributed by atoms with van der Waals surface area (Å²) in [5.74, 6) is -0.435. The highest BCUT2D eigenvalue weighted by Crippen LogP contribution is 2.41. The van der Waals surface area contributed by atoms with Gasteiger partial charge in [-0.05, 0) is 37.5 Å². The van der Waals surface area contributed by atoms with E-state index in [1.807, 2.05) is 32.0 Å². The number of amides is 3. The second-order valence-corrected chi connectivity index (χ2v) is 7.02. The number of hydrogen-bond acceptors (Lipinski definition) is 3. The van der Waals surface area contributed by atoms with Gasteiger partial charge in [0.05, 0.1) is 11.8 Å². The number of piperazine rings is 1. The zero-order chi connectivity index (χ0) is 18.1. The number of rotatable bonds is 3. The molecule has 2 unspecified atom stereocenters.